The van der Waals surface area contributed by atoms with Gasteiger partial charge in [0.1, 0.15) is 23.1 Å². The van der Waals surface area contributed by atoms with E-state index in [1.807, 2.05) is 4.57 Å². The van der Waals surface area contributed by atoms with Crippen LogP contribution in [0.5, 0.6) is 0 Å². The van der Waals surface area contributed by atoms with E-state index in [9.17, 15) is 9.90 Å². The molecule has 0 spiro atoms. The van der Waals surface area contributed by atoms with E-state index < -0.39 is 12.0 Å². The van der Waals surface area contributed by atoms with Crippen molar-refractivity contribution in [3.05, 3.63) is 27.5 Å². The summed E-state index contributed by atoms with van der Waals surface area (Å²) in [7, 11) is 0. The van der Waals surface area contributed by atoms with Crippen molar-refractivity contribution in [2.24, 2.45) is 5.73 Å². The summed E-state index contributed by atoms with van der Waals surface area (Å²) < 4.78 is 1.90. The summed E-state index contributed by atoms with van der Waals surface area (Å²) in [5.41, 5.74) is 6.46. The van der Waals surface area contributed by atoms with Crippen molar-refractivity contribution < 1.29 is 9.90 Å². The Balaban J connectivity index is 2.32. The number of aromatic nitrogens is 2. The first-order chi connectivity index (χ1) is 11.9. The van der Waals surface area contributed by atoms with Crippen LogP contribution in [0.4, 0.5) is 0 Å². The van der Waals surface area contributed by atoms with E-state index in [4.69, 9.17) is 28.9 Å². The van der Waals surface area contributed by atoms with Crippen LogP contribution in [0.1, 0.15) is 42.0 Å². The second-order valence-corrected chi connectivity index (χ2v) is 6.82. The molecule has 0 radical (unpaired) electrons. The number of aliphatic hydroxyl groups excluding tert-OH is 1. The monoisotopic (exact) mass is 380 g/mol. The number of aliphatic hydroxyl groups is 1. The molecule has 0 bridgehead atoms. The number of nitrogens with one attached hydrogen (secondary N) is 1. The third-order valence-electron chi connectivity index (χ3n) is 4.14. The molecule has 25 heavy (non-hydrogen) atoms. The molecular formula is C17H18Cl2N4O2. The highest BCUT2D eigenvalue weighted by Gasteiger charge is 2.26. The minimum atomic E-state index is -0.795. The maximum atomic E-state index is 11.6. The summed E-state index contributed by atoms with van der Waals surface area (Å²) in [5.74, 6) is 4.99. The highest BCUT2D eigenvalue weighted by Crippen LogP contribution is 2.38. The van der Waals surface area contributed by atoms with Crippen LogP contribution >= 0.6 is 23.2 Å². The first-order valence-corrected chi connectivity index (χ1v) is 8.75. The SMILES string of the molecule is CC(O)C#Cc1c(Cl)c2c(Cl)cc(C(N)=O)nc2n1[C@H]1CCCNC1. The standard InChI is InChI=1S/C17H18Cl2N4O2/c1-9(24)4-5-13-15(19)14-11(18)7-12(16(20)25)22-17(14)23(13)10-3-2-6-21-8-10/h7,9-10,21,24H,2-3,6,8H2,1H3,(H2,20,25)/t9?,10-/m0/s1. The number of amides is 1. The van der Waals surface area contributed by atoms with E-state index in [2.05, 4.69) is 22.1 Å². The normalized spacial score (nSPS) is 18.6. The van der Waals surface area contributed by atoms with Crippen LogP contribution in [-0.2, 0) is 0 Å². The Bertz CT molecular complexity index is 890. The molecule has 6 nitrogen and oxygen atoms in total. The van der Waals surface area contributed by atoms with E-state index in [0.717, 1.165) is 25.9 Å². The highest BCUT2D eigenvalue weighted by atomic mass is 35.5. The predicted molar refractivity (Wildman–Crippen MR) is 98.0 cm³/mol. The third-order valence-corrected chi connectivity index (χ3v) is 4.80. The summed E-state index contributed by atoms with van der Waals surface area (Å²) in [6.45, 7) is 3.24. The van der Waals surface area contributed by atoms with Crippen LogP contribution in [0.25, 0.3) is 11.0 Å². The zero-order chi connectivity index (χ0) is 18.1. The number of carbonyl (C=O) groups excluding carboxylic acids is 1. The molecule has 2 atom stereocenters. The summed E-state index contributed by atoms with van der Waals surface area (Å²) in [5, 5.41) is 14.0. The highest BCUT2D eigenvalue weighted by molar-refractivity contribution is 6.43. The van der Waals surface area contributed by atoms with Crippen molar-refractivity contribution in [1.82, 2.24) is 14.9 Å². The van der Waals surface area contributed by atoms with Gasteiger partial charge in [-0.3, -0.25) is 4.79 Å². The van der Waals surface area contributed by atoms with Crippen LogP contribution in [0.15, 0.2) is 6.07 Å². The van der Waals surface area contributed by atoms with Crippen LogP contribution in [0, 0.1) is 11.8 Å². The van der Waals surface area contributed by atoms with Gasteiger partial charge in [0.2, 0.25) is 0 Å². The molecule has 2 aromatic heterocycles. The summed E-state index contributed by atoms with van der Waals surface area (Å²) >= 11 is 12.9. The molecule has 4 N–H and O–H groups in total. The van der Waals surface area contributed by atoms with Crippen LogP contribution in [0.2, 0.25) is 10.0 Å². The first kappa shape index (κ1) is 18.0. The van der Waals surface area contributed by atoms with Crippen LogP contribution in [0.3, 0.4) is 0 Å². The number of hydrogen-bond acceptors (Lipinski definition) is 4. The molecule has 0 aromatic carbocycles. The Hall–Kier alpha value is -1.78. The van der Waals surface area contributed by atoms with Gasteiger partial charge in [-0.15, -0.1) is 0 Å². The van der Waals surface area contributed by atoms with Gasteiger partial charge in [-0.25, -0.2) is 4.98 Å². The van der Waals surface area contributed by atoms with E-state index >= 15 is 0 Å². The lowest BCUT2D eigenvalue weighted by atomic mass is 10.1. The average molecular weight is 381 g/mol. The maximum Gasteiger partial charge on any atom is 0.267 e. The number of nitrogens with zero attached hydrogens (tertiary/aromatic N) is 2. The molecule has 1 amide bonds. The number of nitrogens with two attached hydrogens (primary N) is 1. The Kier molecular flexibility index (Phi) is 5.21. The maximum absolute atomic E-state index is 11.6. The molecule has 1 unspecified atom stereocenters. The molecule has 1 fully saturated rings. The third kappa shape index (κ3) is 3.46. The molecular weight excluding hydrogens is 363 g/mol. The van der Waals surface area contributed by atoms with Gasteiger partial charge in [0, 0.05) is 12.6 Å². The van der Waals surface area contributed by atoms with Crippen LogP contribution < -0.4 is 11.1 Å². The quantitative estimate of drug-likeness (QED) is 0.695. The van der Waals surface area contributed by atoms with Gasteiger partial charge in [0.05, 0.1) is 15.4 Å². The lowest BCUT2D eigenvalue weighted by Crippen LogP contribution is -2.32. The lowest BCUT2D eigenvalue weighted by Gasteiger charge is -2.25. The Morgan fingerprint density at radius 2 is 2.32 bits per heavy atom. The Morgan fingerprint density at radius 3 is 2.92 bits per heavy atom. The fourth-order valence-electron chi connectivity index (χ4n) is 3.03. The second-order valence-electron chi connectivity index (χ2n) is 6.03. The lowest BCUT2D eigenvalue weighted by molar-refractivity contribution is 0.0996. The molecule has 0 aliphatic carbocycles. The van der Waals surface area contributed by atoms with Crippen molar-refractivity contribution in [3.63, 3.8) is 0 Å². The number of piperidine rings is 1. The minimum Gasteiger partial charge on any atom is -0.381 e. The molecule has 8 heteroatoms. The topological polar surface area (TPSA) is 93.2 Å². The number of rotatable bonds is 2. The predicted octanol–water partition coefficient (Wildman–Crippen LogP) is 2.10. The van der Waals surface area contributed by atoms with Crippen molar-refractivity contribution in [2.45, 2.75) is 31.9 Å². The number of halogens is 2. The molecule has 1 saturated heterocycles. The number of carbonyl (C=O) groups is 1. The summed E-state index contributed by atoms with van der Waals surface area (Å²) in [6.07, 6.45) is 1.11. The molecule has 3 rings (SSSR count). The van der Waals surface area contributed by atoms with Crippen molar-refractivity contribution in [3.8, 4) is 11.8 Å². The smallest absolute Gasteiger partial charge is 0.267 e. The molecule has 3 heterocycles. The van der Waals surface area contributed by atoms with Gasteiger partial charge in [-0.05, 0) is 38.3 Å². The van der Waals surface area contributed by atoms with Gasteiger partial charge in [-0.1, -0.05) is 29.1 Å². The van der Waals surface area contributed by atoms with Crippen molar-refractivity contribution in [1.29, 1.82) is 0 Å². The Labute approximate surface area is 155 Å². The van der Waals surface area contributed by atoms with Crippen LogP contribution in [-0.4, -0.2) is 39.8 Å². The van der Waals surface area contributed by atoms with Gasteiger partial charge >= 0.3 is 0 Å². The molecule has 0 saturated carbocycles. The van der Waals surface area contributed by atoms with E-state index in [1.165, 1.54) is 6.07 Å². The average Bonchev–Trinajstić information content (AvgIpc) is 2.86. The van der Waals surface area contributed by atoms with Gasteiger partial charge in [0.25, 0.3) is 5.91 Å². The molecule has 132 valence electrons. The molecule has 2 aromatic rings. The zero-order valence-electron chi connectivity index (χ0n) is 13.6. The Morgan fingerprint density at radius 1 is 1.56 bits per heavy atom. The molecule has 1 aliphatic heterocycles. The summed E-state index contributed by atoms with van der Waals surface area (Å²) in [6, 6.07) is 1.47. The van der Waals surface area contributed by atoms with E-state index in [-0.39, 0.29) is 11.7 Å². The number of primary amides is 1. The van der Waals surface area contributed by atoms with E-state index in [1.54, 1.807) is 6.92 Å². The fourth-order valence-corrected chi connectivity index (χ4v) is 3.69. The van der Waals surface area contributed by atoms with Gasteiger partial charge in [-0.2, -0.15) is 0 Å². The number of hydrogen-bond donors (Lipinski definition) is 3. The van der Waals surface area contributed by atoms with Gasteiger partial charge < -0.3 is 20.7 Å². The fraction of sp³-hybridized carbons (Fsp3) is 0.412. The van der Waals surface area contributed by atoms with E-state index in [0.29, 0.717) is 26.8 Å². The number of fused-ring (bicyclic) bond motifs is 1. The largest absolute Gasteiger partial charge is 0.381 e. The minimum absolute atomic E-state index is 0.0637. The number of pyridine rings is 1. The zero-order valence-corrected chi connectivity index (χ0v) is 15.2. The summed E-state index contributed by atoms with van der Waals surface area (Å²) in [4.78, 5) is 16.0. The van der Waals surface area contributed by atoms with Crippen molar-refractivity contribution in [2.75, 3.05) is 13.1 Å². The molecule has 1 aliphatic rings. The second kappa shape index (κ2) is 7.22. The van der Waals surface area contributed by atoms with Gasteiger partial charge in [0.15, 0.2) is 0 Å². The first-order valence-electron chi connectivity index (χ1n) is 8.00. The van der Waals surface area contributed by atoms with Crippen molar-refractivity contribution >= 4 is 40.1 Å².